The minimum Gasteiger partial charge on any atom is -1.00 e. The molecule has 78 heavy (non-hydrogen) atoms. The molecule has 7 rings (SSSR count). The van der Waals surface area contributed by atoms with Gasteiger partial charge in [0.1, 0.15) is 70.5 Å². The maximum atomic E-state index is 11.7. The van der Waals surface area contributed by atoms with Gasteiger partial charge in [0.15, 0.2) is 12.1 Å². The second-order valence-electron chi connectivity index (χ2n) is 17.9. The van der Waals surface area contributed by atoms with Gasteiger partial charge < -0.3 is 106 Å². The summed E-state index contributed by atoms with van der Waals surface area (Å²) in [6, 6.07) is 10.8. The molecule has 0 radical (unpaired) electrons. The lowest BCUT2D eigenvalue weighted by atomic mass is 9.81. The monoisotopic (exact) mass is 1220 g/mol. The number of aliphatic hydroxyl groups excluding tert-OH is 2. The first kappa shape index (κ1) is 70.8. The largest absolute Gasteiger partial charge is 1.00 e. The summed E-state index contributed by atoms with van der Waals surface area (Å²) in [6.07, 6.45) is -3.97. The van der Waals surface area contributed by atoms with Crippen molar-refractivity contribution in [3.63, 3.8) is 0 Å². The van der Waals surface area contributed by atoms with E-state index in [0.717, 1.165) is 34.2 Å². The predicted octanol–water partition coefficient (Wildman–Crippen LogP) is -5.21. The molecule has 0 saturated carbocycles. The number of amides is 1. The van der Waals surface area contributed by atoms with Gasteiger partial charge in [-0.1, -0.05) is 43.1 Å². The Labute approximate surface area is 477 Å². The molecule has 0 spiro atoms. The van der Waals surface area contributed by atoms with Gasteiger partial charge in [0, 0.05) is 60.6 Å². The number of hydrogen-bond donors (Lipinski definition) is 5. The van der Waals surface area contributed by atoms with Crippen molar-refractivity contribution in [2.45, 2.75) is 155 Å². The van der Waals surface area contributed by atoms with Crippen LogP contribution in [0, 0.1) is 25.7 Å². The van der Waals surface area contributed by atoms with E-state index in [2.05, 4.69) is 48.9 Å². The van der Waals surface area contributed by atoms with Crippen LogP contribution in [-0.2, 0) is 47.3 Å². The first-order valence-electron chi connectivity index (χ1n) is 24.2. The summed E-state index contributed by atoms with van der Waals surface area (Å²) in [5.74, 6) is -0.0935. The number of ether oxygens (including phenoxy) is 7. The van der Waals surface area contributed by atoms with Crippen molar-refractivity contribution in [3.05, 3.63) is 86.4 Å². The number of halogens is 4. The zero-order valence-corrected chi connectivity index (χ0v) is 48.8. The Hall–Kier alpha value is -5.18. The number of nitrogens with two attached hydrogens (primary N) is 2. The van der Waals surface area contributed by atoms with Gasteiger partial charge in [-0.15, -0.1) is 0 Å². The highest BCUT2D eigenvalue weighted by molar-refractivity contribution is 9.09. The molecule has 12 atom stereocenters. The molecule has 4 aromatic rings. The van der Waals surface area contributed by atoms with Gasteiger partial charge in [0.05, 0.1) is 20.5 Å². The van der Waals surface area contributed by atoms with E-state index in [4.69, 9.17) is 57.9 Å². The van der Waals surface area contributed by atoms with E-state index in [0.29, 0.717) is 22.7 Å². The smallest absolute Gasteiger partial charge is 0.576 e. The topological polar surface area (TPSA) is 331 Å². The zero-order chi connectivity index (χ0) is 56.0. The summed E-state index contributed by atoms with van der Waals surface area (Å²) in [5, 5.41) is 22.8. The maximum Gasteiger partial charge on any atom is 0.576 e. The van der Waals surface area contributed by atoms with Crippen LogP contribution in [0.2, 0.25) is 0 Å². The molecular formula is C52H69BrCl3N3O19. The molecule has 2 aromatic heterocycles. The highest BCUT2D eigenvalue weighted by Gasteiger charge is 2.52. The predicted molar refractivity (Wildman–Crippen MR) is 276 cm³/mol. The van der Waals surface area contributed by atoms with Gasteiger partial charge in [-0.25, -0.2) is 9.59 Å². The molecule has 26 heteroatoms. The molecule has 0 bridgehead atoms. The fourth-order valence-electron chi connectivity index (χ4n) is 7.99. The lowest BCUT2D eigenvalue weighted by molar-refractivity contribution is -0.383. The summed E-state index contributed by atoms with van der Waals surface area (Å²) < 4.78 is 54.1. The standard InChI is InChI=1S/C21H25NO5.C16H17NO7.C12H17BrNO7.C3H8.3ClH/c1-6-17-12(3)13(4)20(22-14(5)23)21(27-17)25-15-7-8-16-11(2)9-19(24)26-18(16)10-15;1-7-4-12(19)23-10-5-8(2-3-9(7)10)22-16-13(17)15(21)14(20)11(6-18)24-16;1-5(15)18-4-8-10(19-6(2)16)11(20-7(3)17)9(14)12(13)21-8;1-3-2;;;/h7-10,12,17,20-21H,6H2,1-5H3;2-5,11,13-14,16,18,20H,6,17H2,1H3;8-10,12H,4,14H2,1-3H3;3H2,1-2H3;3*1H/q;;+1;;;;/p-1/t12-,17?,20?,21+;11?,13?,14-,16-;8?,9?,10-,12+;;;;/m011..../s1. The average Bonchev–Trinajstić information content (AvgIpc) is 3.33. The quantitative estimate of drug-likeness (QED) is 0.0326. The lowest BCUT2D eigenvalue weighted by Crippen LogP contribution is -3.00. The Morgan fingerprint density at radius 2 is 1.28 bits per heavy atom. The molecular weight excluding hydrogens is 1160 g/mol. The number of alkyl halides is 1. The molecule has 3 aliphatic rings. The molecule has 434 valence electrons. The van der Waals surface area contributed by atoms with Crippen LogP contribution >= 0.6 is 15.9 Å². The highest BCUT2D eigenvalue weighted by atomic mass is 79.9. The molecule has 3 fully saturated rings. The first-order chi connectivity index (χ1) is 35.3. The number of rotatable bonds is 10. The normalized spacial score (nSPS) is 25.8. The van der Waals surface area contributed by atoms with Crippen LogP contribution < -0.4 is 74.7 Å². The van der Waals surface area contributed by atoms with E-state index in [9.17, 15) is 43.8 Å². The van der Waals surface area contributed by atoms with Crippen LogP contribution in [0.3, 0.4) is 0 Å². The van der Waals surface area contributed by atoms with E-state index in [-0.39, 0.29) is 73.6 Å². The summed E-state index contributed by atoms with van der Waals surface area (Å²) in [4.78, 5) is 78.0. The van der Waals surface area contributed by atoms with Crippen LogP contribution in [0.25, 0.3) is 21.9 Å². The average molecular weight is 1230 g/mol. The van der Waals surface area contributed by atoms with Crippen molar-refractivity contribution in [1.29, 1.82) is 0 Å². The number of nitrogens with one attached hydrogen (secondary N) is 1. The minimum atomic E-state index is -1.39. The second kappa shape index (κ2) is 32.8. The third kappa shape index (κ3) is 19.3. The Balaban J connectivity index is 0.000000564. The number of aliphatic hydroxyl groups is 2. The van der Waals surface area contributed by atoms with Crippen molar-refractivity contribution in [3.8, 4) is 11.5 Å². The van der Waals surface area contributed by atoms with Gasteiger partial charge in [-0.3, -0.25) is 23.6 Å². The molecule has 8 N–H and O–H groups in total. The maximum absolute atomic E-state index is 11.7. The van der Waals surface area contributed by atoms with Crippen molar-refractivity contribution in [2.75, 3.05) is 13.2 Å². The summed E-state index contributed by atoms with van der Waals surface area (Å²) in [6.45, 7) is 18.5. The second-order valence-corrected chi connectivity index (χ2v) is 18.8. The van der Waals surface area contributed by atoms with Crippen molar-refractivity contribution in [2.24, 2.45) is 17.4 Å². The van der Waals surface area contributed by atoms with Crippen LogP contribution in [-0.4, -0.2) is 130 Å². The molecule has 6 unspecified atom stereocenters. The fraction of sp³-hybridized carbons (Fsp3) is 0.519. The Bertz CT molecular complexity index is 2800. The number of fused-ring (bicyclic) bond motifs is 2. The van der Waals surface area contributed by atoms with Crippen molar-refractivity contribution < 1.29 is 118 Å². The van der Waals surface area contributed by atoms with Crippen LogP contribution in [0.5, 0.6) is 11.5 Å². The number of carbonyl (C=O) groups is 4. The minimum absolute atomic E-state index is 0. The number of esters is 2. The number of aryl methyl sites for hydroxylation is 2. The van der Waals surface area contributed by atoms with Crippen LogP contribution in [0.1, 0.15) is 86.3 Å². The fourth-order valence-corrected chi connectivity index (χ4v) is 8.53. The third-order valence-electron chi connectivity index (χ3n) is 11.8. The Kier molecular flexibility index (Phi) is 29.8. The molecule has 2 aromatic carbocycles. The zero-order valence-electron chi connectivity index (χ0n) is 44.9. The van der Waals surface area contributed by atoms with Crippen molar-refractivity contribution in [1.82, 2.24) is 5.32 Å². The van der Waals surface area contributed by atoms with Crippen molar-refractivity contribution >= 4 is 73.3 Å². The Morgan fingerprint density at radius 3 is 1.73 bits per heavy atom. The van der Waals surface area contributed by atoms with E-state index in [1.165, 1.54) is 52.3 Å². The number of benzene rings is 2. The summed E-state index contributed by atoms with van der Waals surface area (Å²) in [5.41, 5.74) is 13.2. The number of ketones is 2. The third-order valence-corrected chi connectivity index (χ3v) is 12.6. The lowest BCUT2D eigenvalue weighted by Gasteiger charge is -2.37. The van der Waals surface area contributed by atoms with Crippen LogP contribution in [0.4, 0.5) is 0 Å². The first-order valence-corrected chi connectivity index (χ1v) is 25.1. The molecule has 22 nitrogen and oxygen atoms in total. The number of carbonyl (C=O) groups excluding carboxylic acids is 6. The number of hydrogen-bond acceptors (Lipinski definition) is 19. The van der Waals surface area contributed by atoms with E-state index >= 15 is 0 Å². The van der Waals surface area contributed by atoms with E-state index in [1.807, 2.05) is 26.0 Å². The molecule has 1 amide bonds. The highest BCUT2D eigenvalue weighted by Crippen LogP contribution is 2.36. The molecule has 5 heterocycles. The van der Waals surface area contributed by atoms with Gasteiger partial charge >= 0.3 is 34.9 Å². The molecule has 0 aliphatic carbocycles. The summed E-state index contributed by atoms with van der Waals surface area (Å²) >= 11 is 3.18. The van der Waals surface area contributed by atoms with E-state index < -0.39 is 95.6 Å². The van der Waals surface area contributed by atoms with Crippen LogP contribution in [0.15, 0.2) is 67.0 Å². The Morgan fingerprint density at radius 1 is 0.782 bits per heavy atom. The molecule has 3 saturated heterocycles. The SMILES string of the molecule is CC(=O)OCC1O[C@H](Br)C(N)C(=[O+]C(C)=O)[C@@H]1OC(C)=O.CCC.CCC1O[C@@H](Oc2ccc3c(C)cc(=O)oc3c2)C(NC(C)=O)[C+](C)[C@@H]1C.Cc1cc(=O)oc2cc(O[C@@H]3OC(CO)[C@@H](O)C(=[OH+])C3N)ccc12.[Cl-].[Cl-].[Cl-]. The van der Waals surface area contributed by atoms with Gasteiger partial charge in [-0.2, -0.15) is 0 Å². The van der Waals surface area contributed by atoms with Gasteiger partial charge in [0.2, 0.25) is 24.3 Å². The summed E-state index contributed by atoms with van der Waals surface area (Å²) in [7, 11) is 0. The van der Waals surface area contributed by atoms with Gasteiger partial charge in [0.25, 0.3) is 12.1 Å². The molecule has 3 aliphatic heterocycles. The van der Waals surface area contributed by atoms with E-state index in [1.54, 1.807) is 25.1 Å². The van der Waals surface area contributed by atoms with Gasteiger partial charge in [-0.05, 0) is 62.6 Å².